The van der Waals surface area contributed by atoms with Gasteiger partial charge in [-0.2, -0.15) is 0 Å². The van der Waals surface area contributed by atoms with Crippen LogP contribution in [0.2, 0.25) is 0 Å². The predicted octanol–water partition coefficient (Wildman–Crippen LogP) is 0.689. The van der Waals surface area contributed by atoms with E-state index in [1.165, 1.54) is 0 Å². The largest absolute Gasteiger partial charge is 0.391 e. The van der Waals surface area contributed by atoms with Crippen LogP contribution in [-0.4, -0.2) is 36.4 Å². The molecule has 1 rings (SSSR count). The topological polar surface area (TPSA) is 58.6 Å². The molecule has 1 aliphatic rings. The molecule has 2 unspecified atom stereocenters. The Morgan fingerprint density at radius 3 is 2.80 bits per heavy atom. The van der Waals surface area contributed by atoms with Crippen LogP contribution in [0.1, 0.15) is 33.1 Å². The van der Waals surface area contributed by atoms with E-state index in [0.717, 1.165) is 19.3 Å². The second-order valence-electron chi connectivity index (χ2n) is 4.41. The number of nitrogens with one attached hydrogen (secondary N) is 1. The zero-order valence-corrected chi connectivity index (χ0v) is 9.53. The number of hydrogen-bond acceptors (Lipinski definition) is 3. The van der Waals surface area contributed by atoms with E-state index in [4.69, 9.17) is 4.74 Å². The normalized spacial score (nSPS) is 23.9. The molecule has 0 aliphatic carbocycles. The summed E-state index contributed by atoms with van der Waals surface area (Å²) in [5.74, 6) is 0.0759. The first-order valence-electron chi connectivity index (χ1n) is 5.68. The van der Waals surface area contributed by atoms with Crippen molar-refractivity contribution in [2.45, 2.75) is 45.3 Å². The number of aliphatic hydroxyl groups excluding tert-OH is 1. The van der Waals surface area contributed by atoms with E-state index >= 15 is 0 Å². The van der Waals surface area contributed by atoms with Gasteiger partial charge in [0.05, 0.1) is 6.10 Å². The SMILES string of the molecule is CC(C)C(O)CNC(=O)C1CCCCO1. The van der Waals surface area contributed by atoms with Gasteiger partial charge in [-0.05, 0) is 25.2 Å². The van der Waals surface area contributed by atoms with Gasteiger partial charge in [0.1, 0.15) is 6.10 Å². The molecule has 1 heterocycles. The lowest BCUT2D eigenvalue weighted by molar-refractivity contribution is -0.136. The molecule has 0 bridgehead atoms. The molecule has 1 amide bonds. The molecule has 0 spiro atoms. The van der Waals surface area contributed by atoms with E-state index < -0.39 is 6.10 Å². The van der Waals surface area contributed by atoms with Crippen LogP contribution in [-0.2, 0) is 9.53 Å². The van der Waals surface area contributed by atoms with Crippen molar-refractivity contribution in [1.82, 2.24) is 5.32 Å². The zero-order chi connectivity index (χ0) is 11.3. The molecule has 1 aliphatic heterocycles. The van der Waals surface area contributed by atoms with Crippen LogP contribution < -0.4 is 5.32 Å². The lowest BCUT2D eigenvalue weighted by atomic mass is 10.1. The van der Waals surface area contributed by atoms with Gasteiger partial charge in [-0.3, -0.25) is 4.79 Å². The molecule has 4 heteroatoms. The summed E-state index contributed by atoms with van der Waals surface area (Å²) in [5, 5.41) is 12.2. The molecule has 1 saturated heterocycles. The number of rotatable bonds is 4. The lowest BCUT2D eigenvalue weighted by Gasteiger charge is -2.23. The van der Waals surface area contributed by atoms with Crippen molar-refractivity contribution < 1.29 is 14.6 Å². The van der Waals surface area contributed by atoms with Crippen LogP contribution in [0.3, 0.4) is 0 Å². The standard InChI is InChI=1S/C11H21NO3/c1-8(2)9(13)7-12-11(14)10-5-3-4-6-15-10/h8-10,13H,3-7H2,1-2H3,(H,12,14). The number of carbonyl (C=O) groups is 1. The van der Waals surface area contributed by atoms with Gasteiger partial charge in [0, 0.05) is 13.2 Å². The summed E-state index contributed by atoms with van der Waals surface area (Å²) in [7, 11) is 0. The number of hydrogen-bond donors (Lipinski definition) is 2. The highest BCUT2D eigenvalue weighted by molar-refractivity contribution is 5.80. The number of amides is 1. The first kappa shape index (κ1) is 12.5. The maximum Gasteiger partial charge on any atom is 0.249 e. The molecular formula is C11H21NO3. The Morgan fingerprint density at radius 2 is 2.27 bits per heavy atom. The minimum atomic E-state index is -0.474. The minimum absolute atomic E-state index is 0.0885. The van der Waals surface area contributed by atoms with Crippen LogP contribution in [0, 0.1) is 5.92 Å². The summed E-state index contributed by atoms with van der Waals surface area (Å²) in [4.78, 5) is 11.6. The highest BCUT2D eigenvalue weighted by Gasteiger charge is 2.22. The second kappa shape index (κ2) is 6.08. The molecule has 2 atom stereocenters. The van der Waals surface area contributed by atoms with E-state index in [-0.39, 0.29) is 17.9 Å². The third-order valence-corrected chi connectivity index (χ3v) is 2.73. The number of ether oxygens (including phenoxy) is 1. The third-order valence-electron chi connectivity index (χ3n) is 2.73. The summed E-state index contributed by atoms with van der Waals surface area (Å²) in [5.41, 5.74) is 0. The molecule has 0 radical (unpaired) electrons. The van der Waals surface area contributed by atoms with Gasteiger partial charge in [0.2, 0.25) is 5.91 Å². The van der Waals surface area contributed by atoms with E-state index in [9.17, 15) is 9.90 Å². The molecule has 15 heavy (non-hydrogen) atoms. The Kier molecular flexibility index (Phi) is 5.05. The van der Waals surface area contributed by atoms with E-state index in [1.807, 2.05) is 13.8 Å². The van der Waals surface area contributed by atoms with E-state index in [1.54, 1.807) is 0 Å². The molecule has 0 aromatic heterocycles. The fourth-order valence-electron chi connectivity index (χ4n) is 1.50. The average molecular weight is 215 g/mol. The van der Waals surface area contributed by atoms with Gasteiger partial charge in [-0.1, -0.05) is 13.8 Å². The van der Waals surface area contributed by atoms with Gasteiger partial charge < -0.3 is 15.2 Å². The van der Waals surface area contributed by atoms with Crippen LogP contribution >= 0.6 is 0 Å². The molecule has 0 aromatic carbocycles. The van der Waals surface area contributed by atoms with Crippen molar-refractivity contribution in [3.05, 3.63) is 0 Å². The second-order valence-corrected chi connectivity index (χ2v) is 4.41. The van der Waals surface area contributed by atoms with Gasteiger partial charge in [-0.15, -0.1) is 0 Å². The first-order chi connectivity index (χ1) is 7.11. The minimum Gasteiger partial charge on any atom is -0.391 e. The maximum absolute atomic E-state index is 11.6. The smallest absolute Gasteiger partial charge is 0.249 e. The van der Waals surface area contributed by atoms with Crippen LogP contribution in [0.4, 0.5) is 0 Å². The van der Waals surface area contributed by atoms with E-state index in [0.29, 0.717) is 13.2 Å². The lowest BCUT2D eigenvalue weighted by Crippen LogP contribution is -2.42. The predicted molar refractivity (Wildman–Crippen MR) is 57.4 cm³/mol. The molecule has 0 saturated carbocycles. The highest BCUT2D eigenvalue weighted by Crippen LogP contribution is 2.12. The first-order valence-corrected chi connectivity index (χ1v) is 5.68. The summed E-state index contributed by atoms with van der Waals surface area (Å²) in [6, 6.07) is 0. The molecule has 4 nitrogen and oxygen atoms in total. The van der Waals surface area contributed by atoms with Crippen molar-refractivity contribution in [1.29, 1.82) is 0 Å². The summed E-state index contributed by atoms with van der Waals surface area (Å²) >= 11 is 0. The molecule has 2 N–H and O–H groups in total. The van der Waals surface area contributed by atoms with Gasteiger partial charge in [-0.25, -0.2) is 0 Å². The van der Waals surface area contributed by atoms with E-state index in [2.05, 4.69) is 5.32 Å². The van der Waals surface area contributed by atoms with Crippen LogP contribution in [0.5, 0.6) is 0 Å². The molecular weight excluding hydrogens is 194 g/mol. The quantitative estimate of drug-likeness (QED) is 0.725. The summed E-state index contributed by atoms with van der Waals surface area (Å²) in [6.07, 6.45) is 2.10. The maximum atomic E-state index is 11.6. The molecule has 1 fully saturated rings. The van der Waals surface area contributed by atoms with Crippen molar-refractivity contribution >= 4 is 5.91 Å². The Labute approximate surface area is 91.0 Å². The van der Waals surface area contributed by atoms with Crippen molar-refractivity contribution in [3.8, 4) is 0 Å². The number of carbonyl (C=O) groups excluding carboxylic acids is 1. The zero-order valence-electron chi connectivity index (χ0n) is 9.53. The van der Waals surface area contributed by atoms with Crippen molar-refractivity contribution in [2.75, 3.05) is 13.2 Å². The Bertz CT molecular complexity index is 200. The van der Waals surface area contributed by atoms with Crippen molar-refractivity contribution in [2.24, 2.45) is 5.92 Å². The Morgan fingerprint density at radius 1 is 1.53 bits per heavy atom. The van der Waals surface area contributed by atoms with Crippen molar-refractivity contribution in [3.63, 3.8) is 0 Å². The molecule has 88 valence electrons. The highest BCUT2D eigenvalue weighted by atomic mass is 16.5. The summed E-state index contributed by atoms with van der Waals surface area (Å²) in [6.45, 7) is 4.84. The fraction of sp³-hybridized carbons (Fsp3) is 0.909. The average Bonchev–Trinajstić information content (AvgIpc) is 2.26. The van der Waals surface area contributed by atoms with Gasteiger partial charge >= 0.3 is 0 Å². The Balaban J connectivity index is 2.22. The van der Waals surface area contributed by atoms with Gasteiger partial charge in [0.25, 0.3) is 0 Å². The summed E-state index contributed by atoms with van der Waals surface area (Å²) < 4.78 is 5.34. The van der Waals surface area contributed by atoms with Gasteiger partial charge in [0.15, 0.2) is 0 Å². The fourth-order valence-corrected chi connectivity index (χ4v) is 1.50. The van der Waals surface area contributed by atoms with Crippen LogP contribution in [0.25, 0.3) is 0 Å². The molecule has 0 aromatic rings. The Hall–Kier alpha value is -0.610. The number of aliphatic hydroxyl groups is 1. The van der Waals surface area contributed by atoms with Crippen LogP contribution in [0.15, 0.2) is 0 Å². The third kappa shape index (κ3) is 4.18. The monoisotopic (exact) mass is 215 g/mol.